The van der Waals surface area contributed by atoms with E-state index in [2.05, 4.69) is 22.7 Å². The van der Waals surface area contributed by atoms with Gasteiger partial charge >= 0.3 is 0 Å². The SMILES string of the molecule is C/C(Cc1ccccc1)=N\NC(=O)CC(C)C. The van der Waals surface area contributed by atoms with E-state index in [0.717, 1.165) is 12.1 Å². The highest BCUT2D eigenvalue weighted by atomic mass is 16.2. The maximum absolute atomic E-state index is 11.4. The lowest BCUT2D eigenvalue weighted by atomic mass is 10.1. The third-order valence-corrected chi connectivity index (χ3v) is 2.27. The first-order valence-corrected chi connectivity index (χ1v) is 5.94. The fourth-order valence-electron chi connectivity index (χ4n) is 1.51. The molecule has 0 spiro atoms. The molecule has 0 unspecified atom stereocenters. The van der Waals surface area contributed by atoms with Crippen LogP contribution in [0.5, 0.6) is 0 Å². The molecule has 0 fully saturated rings. The van der Waals surface area contributed by atoms with E-state index in [-0.39, 0.29) is 5.91 Å². The van der Waals surface area contributed by atoms with Gasteiger partial charge in [-0.25, -0.2) is 5.43 Å². The Morgan fingerprint density at radius 2 is 1.94 bits per heavy atom. The van der Waals surface area contributed by atoms with E-state index in [0.29, 0.717) is 12.3 Å². The van der Waals surface area contributed by atoms with Crippen LogP contribution in [0.4, 0.5) is 0 Å². The van der Waals surface area contributed by atoms with Crippen molar-refractivity contribution in [1.82, 2.24) is 5.43 Å². The molecule has 3 nitrogen and oxygen atoms in total. The molecule has 0 aliphatic rings. The van der Waals surface area contributed by atoms with Crippen molar-refractivity contribution in [3.63, 3.8) is 0 Å². The number of nitrogens with zero attached hydrogens (tertiary/aromatic N) is 1. The minimum atomic E-state index is -0.0209. The van der Waals surface area contributed by atoms with Crippen molar-refractivity contribution in [3.05, 3.63) is 35.9 Å². The molecule has 1 rings (SSSR count). The van der Waals surface area contributed by atoms with Crippen LogP contribution in [-0.2, 0) is 11.2 Å². The summed E-state index contributed by atoms with van der Waals surface area (Å²) in [6, 6.07) is 10.1. The molecule has 0 saturated carbocycles. The van der Waals surface area contributed by atoms with Crippen LogP contribution in [0.1, 0.15) is 32.8 Å². The molecule has 17 heavy (non-hydrogen) atoms. The Balaban J connectivity index is 2.42. The summed E-state index contributed by atoms with van der Waals surface area (Å²) in [4.78, 5) is 11.4. The summed E-state index contributed by atoms with van der Waals surface area (Å²) in [6.07, 6.45) is 1.28. The highest BCUT2D eigenvalue weighted by Gasteiger charge is 2.03. The van der Waals surface area contributed by atoms with Gasteiger partial charge in [-0.1, -0.05) is 44.2 Å². The molecule has 1 amide bonds. The molecule has 1 aromatic carbocycles. The van der Waals surface area contributed by atoms with Crippen molar-refractivity contribution in [1.29, 1.82) is 0 Å². The first-order valence-electron chi connectivity index (χ1n) is 5.94. The number of nitrogens with one attached hydrogen (secondary N) is 1. The standard InChI is InChI=1S/C14H20N2O/c1-11(2)9-14(17)16-15-12(3)10-13-7-5-4-6-8-13/h4-8,11H,9-10H2,1-3H3,(H,16,17)/b15-12+. The lowest BCUT2D eigenvalue weighted by molar-refractivity contribution is -0.121. The normalized spacial score (nSPS) is 11.6. The third-order valence-electron chi connectivity index (χ3n) is 2.27. The molecule has 0 bridgehead atoms. The molecule has 0 atom stereocenters. The second kappa shape index (κ2) is 6.84. The monoisotopic (exact) mass is 232 g/mol. The predicted octanol–water partition coefficient (Wildman–Crippen LogP) is 2.77. The van der Waals surface area contributed by atoms with Gasteiger partial charge in [-0.15, -0.1) is 0 Å². The molecule has 0 aromatic heterocycles. The van der Waals surface area contributed by atoms with Gasteiger partial charge < -0.3 is 0 Å². The molecular weight excluding hydrogens is 212 g/mol. The first-order chi connectivity index (χ1) is 8.08. The van der Waals surface area contributed by atoms with E-state index in [1.54, 1.807) is 0 Å². The number of benzene rings is 1. The van der Waals surface area contributed by atoms with Crippen LogP contribution in [-0.4, -0.2) is 11.6 Å². The Kier molecular flexibility index (Phi) is 5.40. The summed E-state index contributed by atoms with van der Waals surface area (Å²) < 4.78 is 0. The Labute approximate surface area is 103 Å². The van der Waals surface area contributed by atoms with Crippen LogP contribution < -0.4 is 5.43 Å². The molecule has 3 heteroatoms. The summed E-state index contributed by atoms with van der Waals surface area (Å²) in [5.74, 6) is 0.340. The summed E-state index contributed by atoms with van der Waals surface area (Å²) >= 11 is 0. The fourth-order valence-corrected chi connectivity index (χ4v) is 1.51. The van der Waals surface area contributed by atoms with Crippen LogP contribution in [0.2, 0.25) is 0 Å². The van der Waals surface area contributed by atoms with Crippen LogP contribution in [0.25, 0.3) is 0 Å². The summed E-state index contributed by atoms with van der Waals surface area (Å²) in [5.41, 5.74) is 4.69. The third kappa shape index (κ3) is 5.85. The number of amides is 1. The number of hydrogen-bond donors (Lipinski definition) is 1. The minimum Gasteiger partial charge on any atom is -0.273 e. The van der Waals surface area contributed by atoms with E-state index >= 15 is 0 Å². The van der Waals surface area contributed by atoms with Crippen molar-refractivity contribution in [2.75, 3.05) is 0 Å². The van der Waals surface area contributed by atoms with Crippen molar-refractivity contribution in [2.24, 2.45) is 11.0 Å². The molecule has 0 saturated heterocycles. The molecule has 1 aromatic rings. The zero-order valence-electron chi connectivity index (χ0n) is 10.7. The van der Waals surface area contributed by atoms with Gasteiger partial charge in [0.1, 0.15) is 0 Å². The summed E-state index contributed by atoms with van der Waals surface area (Å²) in [5, 5.41) is 4.09. The van der Waals surface area contributed by atoms with Crippen LogP contribution in [0, 0.1) is 5.92 Å². The van der Waals surface area contributed by atoms with Crippen molar-refractivity contribution in [2.45, 2.75) is 33.6 Å². The van der Waals surface area contributed by atoms with Gasteiger partial charge in [-0.3, -0.25) is 4.79 Å². The maximum atomic E-state index is 11.4. The number of hydrogen-bond acceptors (Lipinski definition) is 2. The van der Waals surface area contributed by atoms with E-state index in [1.165, 1.54) is 5.56 Å². The Bertz CT molecular complexity index is 382. The number of carbonyl (C=O) groups excluding carboxylic acids is 1. The van der Waals surface area contributed by atoms with Crippen molar-refractivity contribution < 1.29 is 4.79 Å². The zero-order chi connectivity index (χ0) is 12.7. The minimum absolute atomic E-state index is 0.0209. The predicted molar refractivity (Wildman–Crippen MR) is 70.9 cm³/mol. The van der Waals surface area contributed by atoms with Gasteiger partial charge in [0.2, 0.25) is 5.91 Å². The molecule has 0 heterocycles. The second-order valence-electron chi connectivity index (χ2n) is 4.64. The van der Waals surface area contributed by atoms with Crippen molar-refractivity contribution in [3.8, 4) is 0 Å². The molecule has 0 aliphatic heterocycles. The molecular formula is C14H20N2O. The molecule has 0 radical (unpaired) electrons. The summed E-state index contributed by atoms with van der Waals surface area (Å²) in [7, 11) is 0. The second-order valence-corrected chi connectivity index (χ2v) is 4.64. The van der Waals surface area contributed by atoms with Gasteiger partial charge in [-0.05, 0) is 18.4 Å². The number of hydrazone groups is 1. The van der Waals surface area contributed by atoms with Gasteiger partial charge in [0.15, 0.2) is 0 Å². The quantitative estimate of drug-likeness (QED) is 0.615. The molecule has 1 N–H and O–H groups in total. The average molecular weight is 232 g/mol. The molecule has 0 aliphatic carbocycles. The first kappa shape index (κ1) is 13.4. The lowest BCUT2D eigenvalue weighted by Crippen LogP contribution is -2.20. The fraction of sp³-hybridized carbons (Fsp3) is 0.429. The van der Waals surface area contributed by atoms with Gasteiger partial charge in [-0.2, -0.15) is 5.10 Å². The van der Waals surface area contributed by atoms with Crippen LogP contribution >= 0.6 is 0 Å². The molecule has 92 valence electrons. The van der Waals surface area contributed by atoms with Gasteiger partial charge in [0.25, 0.3) is 0 Å². The highest BCUT2D eigenvalue weighted by molar-refractivity contribution is 5.86. The smallest absolute Gasteiger partial charge is 0.240 e. The number of carbonyl (C=O) groups is 1. The van der Waals surface area contributed by atoms with Crippen LogP contribution in [0.15, 0.2) is 35.4 Å². The van der Waals surface area contributed by atoms with Gasteiger partial charge in [0, 0.05) is 18.6 Å². The summed E-state index contributed by atoms with van der Waals surface area (Å²) in [6.45, 7) is 5.95. The van der Waals surface area contributed by atoms with E-state index in [1.807, 2.05) is 39.0 Å². The lowest BCUT2D eigenvalue weighted by Gasteiger charge is -2.04. The van der Waals surface area contributed by atoms with E-state index < -0.39 is 0 Å². The van der Waals surface area contributed by atoms with Crippen LogP contribution in [0.3, 0.4) is 0 Å². The Hall–Kier alpha value is -1.64. The Morgan fingerprint density at radius 3 is 2.53 bits per heavy atom. The maximum Gasteiger partial charge on any atom is 0.240 e. The van der Waals surface area contributed by atoms with Gasteiger partial charge in [0.05, 0.1) is 0 Å². The van der Waals surface area contributed by atoms with E-state index in [9.17, 15) is 4.79 Å². The zero-order valence-corrected chi connectivity index (χ0v) is 10.7. The topological polar surface area (TPSA) is 41.5 Å². The van der Waals surface area contributed by atoms with Crippen molar-refractivity contribution >= 4 is 11.6 Å². The Morgan fingerprint density at radius 1 is 1.29 bits per heavy atom. The number of rotatable bonds is 5. The largest absolute Gasteiger partial charge is 0.273 e. The average Bonchev–Trinajstić information content (AvgIpc) is 2.27. The van der Waals surface area contributed by atoms with E-state index in [4.69, 9.17) is 0 Å². The highest BCUT2D eigenvalue weighted by Crippen LogP contribution is 2.01.